The van der Waals surface area contributed by atoms with Gasteiger partial charge < -0.3 is 10.2 Å². The third-order valence-corrected chi connectivity index (χ3v) is 11.7. The molecule has 4 nitrogen and oxygen atoms in total. The number of aromatic carboxylic acids is 2. The first-order valence-electron chi connectivity index (χ1n) is 6.65. The van der Waals surface area contributed by atoms with Crippen molar-refractivity contribution in [1.29, 1.82) is 0 Å². The molecule has 0 fully saturated rings. The summed E-state index contributed by atoms with van der Waals surface area (Å²) in [5.41, 5.74) is -0.909. The van der Waals surface area contributed by atoms with E-state index in [1.54, 1.807) is 12.1 Å². The second-order valence-electron chi connectivity index (χ2n) is 4.33. The molecule has 0 aliphatic rings. The molecule has 31 heavy (non-hydrogen) atoms. The molecule has 17 heteroatoms. The molecule has 0 spiro atoms. The number of carbonyl (C=O) groups is 2. The summed E-state index contributed by atoms with van der Waals surface area (Å²) in [6.07, 6.45) is 0. The van der Waals surface area contributed by atoms with Crippen molar-refractivity contribution < 1.29 is 19.8 Å². The maximum Gasteiger partial charge on any atom is 0.339 e. The zero-order chi connectivity index (χ0) is 24.5. The van der Waals surface area contributed by atoms with Crippen LogP contribution in [-0.2, 0) is 0 Å². The number of rotatable bonds is 2. The van der Waals surface area contributed by atoms with Gasteiger partial charge in [-0.05, 0) is 57.3 Å². The highest BCUT2D eigenvalue weighted by Crippen LogP contribution is 2.38. The predicted molar refractivity (Wildman–Crippen MR) is 170 cm³/mol. The highest BCUT2D eigenvalue weighted by atomic mass is 128. The quantitative estimate of drug-likeness (QED) is 0.251. The van der Waals surface area contributed by atoms with E-state index in [2.05, 4.69) is 82.4 Å². The summed E-state index contributed by atoms with van der Waals surface area (Å²) >= 11 is 45.6. The Labute approximate surface area is 269 Å². The second-order valence-corrected chi connectivity index (χ2v) is 13.3. The second kappa shape index (κ2) is 17.2. The van der Waals surface area contributed by atoms with Gasteiger partial charge in [-0.2, -0.15) is 0 Å². The lowest BCUT2D eigenvalue weighted by molar-refractivity contribution is 0.0653. The lowest BCUT2D eigenvalue weighted by Crippen LogP contribution is -2.05. The van der Waals surface area contributed by atoms with Gasteiger partial charge in [-0.25, -0.2) is 9.59 Å². The third kappa shape index (κ3) is 11.5. The van der Waals surface area contributed by atoms with Crippen molar-refractivity contribution in [2.45, 2.75) is 0 Å². The molecule has 0 aliphatic heterocycles. The monoisotopic (exact) mass is 1050 g/mol. The maximum atomic E-state index is 10.6. The summed E-state index contributed by atoms with van der Waals surface area (Å²) in [6.45, 7) is 0. The Balaban J connectivity index is 0.000000437. The predicted octanol–water partition coefficient (Wildman–Crippen LogP) is 11.5. The lowest BCUT2D eigenvalue weighted by Gasteiger charge is -1.93. The van der Waals surface area contributed by atoms with Gasteiger partial charge >= 0.3 is 11.9 Å². The molecule has 0 aromatic carbocycles. The molecule has 0 radical (unpaired) electrons. The highest BCUT2D eigenvalue weighted by molar-refractivity contribution is 15.0. The summed E-state index contributed by atoms with van der Waals surface area (Å²) in [4.78, 5) is 21.1. The Kier molecular flexibility index (Phi) is 18.7. The SMILES string of the molecule is Clc1ccc(Cl)s1.Clc1sc(Cl)c(I)c1I.II.O=C(O)c1c(Cl)sc(Cl)c1C(=O)O. The van der Waals surface area contributed by atoms with Crippen molar-refractivity contribution >= 4 is 198 Å². The molecule has 172 valence electrons. The molecule has 3 heterocycles. The summed E-state index contributed by atoms with van der Waals surface area (Å²) in [5, 5.41) is 17.2. The average molecular weight is 1050 g/mol. The molecule has 0 aliphatic carbocycles. The molecule has 0 atom stereocenters. The number of hydrogen-bond acceptors (Lipinski definition) is 5. The standard InChI is InChI=1S/C6H2Cl2O4S.C4Cl2I2S.C4H2Cl2S.I2/c7-3-1(5(9)10)2(6(11)12)4(8)13-3;5-3-1(7)2(8)4(6)9-3;5-3-1-2-4(6)7-3;1-2/h(H,9,10)(H,11,12);;1-2H;. The zero-order valence-electron chi connectivity index (χ0n) is 13.9. The fourth-order valence-electron chi connectivity index (χ4n) is 1.39. The number of hydrogen-bond donors (Lipinski definition) is 2. The molecule has 0 saturated heterocycles. The molecule has 0 unspecified atom stereocenters. The van der Waals surface area contributed by atoms with Crippen LogP contribution in [-0.4, -0.2) is 22.2 Å². The van der Waals surface area contributed by atoms with E-state index in [9.17, 15) is 9.59 Å². The van der Waals surface area contributed by atoms with Crippen LogP contribution in [0.4, 0.5) is 0 Å². The van der Waals surface area contributed by atoms with Crippen molar-refractivity contribution in [3.63, 3.8) is 0 Å². The van der Waals surface area contributed by atoms with E-state index in [4.69, 9.17) is 79.8 Å². The van der Waals surface area contributed by atoms with Gasteiger partial charge in [0.1, 0.15) is 28.5 Å². The van der Waals surface area contributed by atoms with Crippen LogP contribution in [0.25, 0.3) is 0 Å². The zero-order valence-corrected chi connectivity index (χ0v) is 29.5. The number of carboxylic acids is 2. The highest BCUT2D eigenvalue weighted by Gasteiger charge is 2.26. The number of thiophene rings is 3. The van der Waals surface area contributed by atoms with Crippen LogP contribution in [0.2, 0.25) is 26.0 Å². The average Bonchev–Trinajstić information content (AvgIpc) is 3.29. The largest absolute Gasteiger partial charge is 0.478 e. The Morgan fingerprint density at radius 1 is 0.645 bits per heavy atom. The Morgan fingerprint density at radius 2 is 0.935 bits per heavy atom. The molecular weight excluding hydrogens is 1050 g/mol. The van der Waals surface area contributed by atoms with E-state index in [0.717, 1.165) is 35.8 Å². The van der Waals surface area contributed by atoms with Crippen LogP contribution in [0, 0.1) is 7.14 Å². The van der Waals surface area contributed by atoms with Crippen LogP contribution in [0.15, 0.2) is 12.1 Å². The van der Waals surface area contributed by atoms with Crippen molar-refractivity contribution in [2.24, 2.45) is 0 Å². The molecular formula is C14H4Cl6I4O4S3. The first-order valence-corrected chi connectivity index (χ1v) is 19.8. The Hall–Kier alpha value is 2.70. The number of carboxylic acid groups (broad SMARTS) is 2. The van der Waals surface area contributed by atoms with E-state index < -0.39 is 23.1 Å². The van der Waals surface area contributed by atoms with E-state index >= 15 is 0 Å². The third-order valence-electron chi connectivity index (χ3n) is 2.51. The molecule has 3 rings (SSSR count). The topological polar surface area (TPSA) is 74.6 Å². The van der Waals surface area contributed by atoms with Gasteiger partial charge in [-0.3, -0.25) is 0 Å². The lowest BCUT2D eigenvalue weighted by atomic mass is 10.2. The summed E-state index contributed by atoms with van der Waals surface area (Å²) in [7, 11) is 0. The van der Waals surface area contributed by atoms with Gasteiger partial charge in [-0.15, -0.1) is 34.0 Å². The van der Waals surface area contributed by atoms with E-state index in [-0.39, 0.29) is 8.67 Å². The van der Waals surface area contributed by atoms with E-state index in [0.29, 0.717) is 0 Å². The maximum absolute atomic E-state index is 10.6. The molecule has 0 bridgehead atoms. The minimum atomic E-state index is -1.40. The minimum absolute atomic E-state index is 0.130. The first kappa shape index (κ1) is 33.7. The van der Waals surface area contributed by atoms with Crippen LogP contribution in [0.1, 0.15) is 20.7 Å². The fourth-order valence-corrected chi connectivity index (χ4v) is 7.46. The molecule has 3 aromatic rings. The van der Waals surface area contributed by atoms with Crippen LogP contribution in [0.3, 0.4) is 0 Å². The van der Waals surface area contributed by atoms with Crippen molar-refractivity contribution in [1.82, 2.24) is 0 Å². The van der Waals surface area contributed by atoms with Crippen molar-refractivity contribution in [3.05, 3.63) is 56.4 Å². The van der Waals surface area contributed by atoms with E-state index in [1.807, 2.05) is 0 Å². The van der Waals surface area contributed by atoms with Gasteiger partial charge in [0.25, 0.3) is 0 Å². The minimum Gasteiger partial charge on any atom is -0.478 e. The Bertz CT molecular complexity index is 966. The van der Waals surface area contributed by atoms with Gasteiger partial charge in [0, 0.05) is 37.2 Å². The fraction of sp³-hybridized carbons (Fsp3) is 0. The van der Waals surface area contributed by atoms with Gasteiger partial charge in [0.2, 0.25) is 0 Å². The molecule has 3 aromatic heterocycles. The van der Waals surface area contributed by atoms with Crippen molar-refractivity contribution in [3.8, 4) is 0 Å². The molecule has 0 saturated carbocycles. The van der Waals surface area contributed by atoms with Gasteiger partial charge in [0.05, 0.1) is 15.8 Å². The first-order chi connectivity index (χ1) is 14.4. The normalized spacial score (nSPS) is 9.48. The Morgan fingerprint density at radius 3 is 1.10 bits per heavy atom. The summed E-state index contributed by atoms with van der Waals surface area (Å²) in [5.74, 6) is -2.80. The van der Waals surface area contributed by atoms with Crippen LogP contribution in [0.5, 0.6) is 0 Å². The van der Waals surface area contributed by atoms with Gasteiger partial charge in [0.15, 0.2) is 0 Å². The summed E-state index contributed by atoms with van der Waals surface area (Å²) < 4.78 is 4.91. The molecule has 2 N–H and O–H groups in total. The van der Waals surface area contributed by atoms with Crippen LogP contribution >= 0.6 is 186 Å². The smallest absolute Gasteiger partial charge is 0.339 e. The van der Waals surface area contributed by atoms with Gasteiger partial charge in [-0.1, -0.05) is 69.6 Å². The van der Waals surface area contributed by atoms with Crippen molar-refractivity contribution in [2.75, 3.05) is 0 Å². The summed E-state index contributed by atoms with van der Waals surface area (Å²) in [6, 6.07) is 3.54. The molecule has 0 amide bonds. The van der Waals surface area contributed by atoms with E-state index in [1.165, 1.54) is 22.7 Å². The van der Waals surface area contributed by atoms with Crippen LogP contribution < -0.4 is 0 Å². The number of halogens is 10.